The van der Waals surface area contributed by atoms with Gasteiger partial charge in [0, 0.05) is 29.9 Å². The molecule has 0 unspecified atom stereocenters. The number of halogens is 1. The number of ether oxygens (including phenoxy) is 1. The van der Waals surface area contributed by atoms with E-state index in [2.05, 4.69) is 19.7 Å². The van der Waals surface area contributed by atoms with E-state index in [4.69, 9.17) is 16.3 Å². The molecule has 0 fully saturated rings. The van der Waals surface area contributed by atoms with Gasteiger partial charge < -0.3 is 4.74 Å². The second kappa shape index (κ2) is 5.85. The predicted molar refractivity (Wildman–Crippen MR) is 67.8 cm³/mol. The maximum absolute atomic E-state index is 11.8. The van der Waals surface area contributed by atoms with Crippen LogP contribution >= 0.6 is 23.1 Å². The number of anilines is 1. The maximum atomic E-state index is 11.8. The van der Waals surface area contributed by atoms with Crippen LogP contribution in [0.25, 0.3) is 0 Å². The van der Waals surface area contributed by atoms with Crippen molar-refractivity contribution in [2.24, 2.45) is 0 Å². The molecule has 0 aliphatic rings. The van der Waals surface area contributed by atoms with Crippen LogP contribution in [-0.2, 0) is 11.3 Å². The van der Waals surface area contributed by atoms with Gasteiger partial charge in [-0.15, -0.1) is 0 Å². The second-order valence-corrected chi connectivity index (χ2v) is 4.45. The van der Waals surface area contributed by atoms with Crippen molar-refractivity contribution in [1.82, 2.24) is 14.3 Å². The summed E-state index contributed by atoms with van der Waals surface area (Å²) < 4.78 is 8.90. The van der Waals surface area contributed by atoms with Crippen LogP contribution in [-0.4, -0.2) is 27.4 Å². The lowest BCUT2D eigenvalue weighted by Gasteiger charge is -2.00. The van der Waals surface area contributed by atoms with Crippen LogP contribution in [0.15, 0.2) is 18.3 Å². The average Bonchev–Trinajstić information content (AvgIpc) is 2.77. The summed E-state index contributed by atoms with van der Waals surface area (Å²) in [6.45, 7) is 0.307. The summed E-state index contributed by atoms with van der Waals surface area (Å²) in [5.41, 5.74) is 0.228. The predicted octanol–water partition coefficient (Wildman–Crippen LogP) is 1.99. The van der Waals surface area contributed by atoms with Crippen LogP contribution in [0, 0.1) is 0 Å². The van der Waals surface area contributed by atoms with Crippen molar-refractivity contribution >= 4 is 34.2 Å². The van der Waals surface area contributed by atoms with Crippen LogP contribution in [0.3, 0.4) is 0 Å². The number of nitrogens with one attached hydrogen (secondary N) is 1. The Kier molecular flexibility index (Phi) is 4.19. The second-order valence-electron chi connectivity index (χ2n) is 3.26. The smallest absolute Gasteiger partial charge is 0.276 e. The van der Waals surface area contributed by atoms with Gasteiger partial charge >= 0.3 is 0 Å². The Hall–Kier alpha value is -1.57. The van der Waals surface area contributed by atoms with E-state index in [0.29, 0.717) is 22.6 Å². The number of rotatable bonds is 4. The van der Waals surface area contributed by atoms with Crippen molar-refractivity contribution in [1.29, 1.82) is 0 Å². The first-order chi connectivity index (χ1) is 8.69. The zero-order chi connectivity index (χ0) is 13.0. The molecule has 0 aliphatic carbocycles. The van der Waals surface area contributed by atoms with Crippen LogP contribution in [0.5, 0.6) is 0 Å². The topological polar surface area (TPSA) is 77.0 Å². The van der Waals surface area contributed by atoms with E-state index < -0.39 is 0 Å². The van der Waals surface area contributed by atoms with Crippen molar-refractivity contribution in [2.45, 2.75) is 6.61 Å². The highest BCUT2D eigenvalue weighted by molar-refractivity contribution is 7.09. The highest BCUT2D eigenvalue weighted by Gasteiger charge is 2.11. The number of carbonyl (C=O) groups is 1. The van der Waals surface area contributed by atoms with Gasteiger partial charge in [-0.25, -0.2) is 4.98 Å². The van der Waals surface area contributed by atoms with Crippen molar-refractivity contribution in [3.63, 3.8) is 0 Å². The number of methoxy groups -OCH3 is 1. The molecular weight excluding hydrogens is 276 g/mol. The fourth-order valence-electron chi connectivity index (χ4n) is 1.18. The molecule has 6 nitrogen and oxygen atoms in total. The van der Waals surface area contributed by atoms with Gasteiger partial charge in [-0.3, -0.25) is 15.1 Å². The molecule has 2 rings (SSSR count). The quantitative estimate of drug-likeness (QED) is 0.929. The molecule has 1 amide bonds. The molecule has 0 bridgehead atoms. The van der Waals surface area contributed by atoms with E-state index in [1.165, 1.54) is 12.3 Å². The third-order valence-electron chi connectivity index (χ3n) is 1.92. The summed E-state index contributed by atoms with van der Waals surface area (Å²) in [4.78, 5) is 19.8. The Labute approximate surface area is 112 Å². The SMILES string of the molecule is COCc1nsc(NC(=O)c2cc(Cl)ccn2)n1. The molecule has 0 atom stereocenters. The minimum atomic E-state index is -0.377. The van der Waals surface area contributed by atoms with E-state index in [-0.39, 0.29) is 11.6 Å². The molecule has 2 heterocycles. The average molecular weight is 285 g/mol. The lowest BCUT2D eigenvalue weighted by molar-refractivity contribution is 0.102. The third-order valence-corrected chi connectivity index (χ3v) is 2.82. The molecular formula is C10H9ClN4O2S. The number of hydrogen-bond acceptors (Lipinski definition) is 6. The Morgan fingerprint density at radius 2 is 2.44 bits per heavy atom. The number of aromatic nitrogens is 3. The third kappa shape index (κ3) is 3.22. The number of amides is 1. The Morgan fingerprint density at radius 3 is 3.17 bits per heavy atom. The van der Waals surface area contributed by atoms with Crippen LogP contribution < -0.4 is 5.32 Å². The zero-order valence-corrected chi connectivity index (χ0v) is 11.0. The van der Waals surface area contributed by atoms with E-state index >= 15 is 0 Å². The molecule has 0 saturated carbocycles. The van der Waals surface area contributed by atoms with Crippen molar-refractivity contribution in [2.75, 3.05) is 12.4 Å². The zero-order valence-electron chi connectivity index (χ0n) is 9.38. The molecule has 2 aromatic heterocycles. The molecule has 18 heavy (non-hydrogen) atoms. The standard InChI is InChI=1S/C10H9ClN4O2S/c1-17-5-8-13-10(18-15-8)14-9(16)7-4-6(11)2-3-12-7/h2-4H,5H2,1H3,(H,13,14,15,16). The molecule has 1 N–H and O–H groups in total. The summed E-state index contributed by atoms with van der Waals surface area (Å²) in [5.74, 6) is 0.148. The summed E-state index contributed by atoms with van der Waals surface area (Å²) in [7, 11) is 1.55. The number of pyridine rings is 1. The highest BCUT2D eigenvalue weighted by Crippen LogP contribution is 2.14. The molecule has 94 valence electrons. The summed E-state index contributed by atoms with van der Waals surface area (Å²) in [6, 6.07) is 3.08. The van der Waals surface area contributed by atoms with Crippen molar-refractivity contribution in [3.8, 4) is 0 Å². The highest BCUT2D eigenvalue weighted by atomic mass is 35.5. The Bertz CT molecular complexity index is 560. The molecule has 0 aliphatic heterocycles. The first-order valence-corrected chi connectivity index (χ1v) is 6.08. The van der Waals surface area contributed by atoms with Gasteiger partial charge in [0.15, 0.2) is 5.82 Å². The van der Waals surface area contributed by atoms with Crippen molar-refractivity contribution < 1.29 is 9.53 Å². The van der Waals surface area contributed by atoms with Gasteiger partial charge in [0.05, 0.1) is 0 Å². The number of hydrogen-bond donors (Lipinski definition) is 1. The van der Waals surface area contributed by atoms with Crippen LogP contribution in [0.4, 0.5) is 5.13 Å². The van der Waals surface area contributed by atoms with E-state index in [1.807, 2.05) is 0 Å². The first-order valence-electron chi connectivity index (χ1n) is 4.93. The van der Waals surface area contributed by atoms with Crippen LogP contribution in [0.2, 0.25) is 5.02 Å². The van der Waals surface area contributed by atoms with Gasteiger partial charge in [-0.1, -0.05) is 11.6 Å². The minimum Gasteiger partial charge on any atom is -0.377 e. The fraction of sp³-hybridized carbons (Fsp3) is 0.200. The summed E-state index contributed by atoms with van der Waals surface area (Å²) in [6.07, 6.45) is 1.47. The van der Waals surface area contributed by atoms with E-state index in [0.717, 1.165) is 11.5 Å². The lowest BCUT2D eigenvalue weighted by Crippen LogP contribution is -2.13. The van der Waals surface area contributed by atoms with E-state index in [9.17, 15) is 4.79 Å². The van der Waals surface area contributed by atoms with Crippen molar-refractivity contribution in [3.05, 3.63) is 34.9 Å². The van der Waals surface area contributed by atoms with Gasteiger partial charge in [0.25, 0.3) is 5.91 Å². The summed E-state index contributed by atoms with van der Waals surface area (Å²) in [5, 5.41) is 3.44. The first kappa shape index (κ1) is 12.9. The Balaban J connectivity index is 2.06. The molecule has 0 aromatic carbocycles. The molecule has 0 radical (unpaired) electrons. The molecule has 0 saturated heterocycles. The maximum Gasteiger partial charge on any atom is 0.276 e. The molecule has 8 heteroatoms. The van der Waals surface area contributed by atoms with Gasteiger partial charge in [0.1, 0.15) is 12.3 Å². The fourth-order valence-corrected chi connectivity index (χ4v) is 1.91. The number of carbonyl (C=O) groups excluding carboxylic acids is 1. The van der Waals surface area contributed by atoms with Gasteiger partial charge in [0.2, 0.25) is 5.13 Å². The lowest BCUT2D eigenvalue weighted by atomic mass is 10.3. The molecule has 2 aromatic rings. The summed E-state index contributed by atoms with van der Waals surface area (Å²) >= 11 is 6.86. The number of nitrogens with zero attached hydrogens (tertiary/aromatic N) is 3. The normalized spacial score (nSPS) is 10.3. The van der Waals surface area contributed by atoms with Crippen LogP contribution in [0.1, 0.15) is 16.3 Å². The largest absolute Gasteiger partial charge is 0.377 e. The monoisotopic (exact) mass is 284 g/mol. The minimum absolute atomic E-state index is 0.228. The van der Waals surface area contributed by atoms with Gasteiger partial charge in [-0.05, 0) is 12.1 Å². The van der Waals surface area contributed by atoms with Gasteiger partial charge in [-0.2, -0.15) is 4.37 Å². The Morgan fingerprint density at radius 1 is 1.61 bits per heavy atom. The molecule has 0 spiro atoms. The van der Waals surface area contributed by atoms with E-state index in [1.54, 1.807) is 13.2 Å².